The molecule has 5 rings (SSSR count). The van der Waals surface area contributed by atoms with Crippen molar-refractivity contribution in [2.45, 2.75) is 38.5 Å². The van der Waals surface area contributed by atoms with E-state index in [1.165, 1.54) is 49.9 Å². The van der Waals surface area contributed by atoms with E-state index >= 15 is 0 Å². The van der Waals surface area contributed by atoms with Gasteiger partial charge in [0, 0.05) is 11.1 Å². The Hall–Kier alpha value is -2.91. The maximum absolute atomic E-state index is 5.59. The molecule has 1 fully saturated rings. The first-order valence-corrected chi connectivity index (χ1v) is 11.5. The summed E-state index contributed by atoms with van der Waals surface area (Å²) >= 11 is 0. The lowest BCUT2D eigenvalue weighted by atomic mass is 9.89. The molecule has 0 radical (unpaired) electrons. The summed E-state index contributed by atoms with van der Waals surface area (Å²) in [6, 6.07) is 25.0. The fraction of sp³-hybridized carbons (Fsp3) is 0.321. The average Bonchev–Trinajstić information content (AvgIpc) is 3.44. The van der Waals surface area contributed by atoms with E-state index in [4.69, 9.17) is 9.73 Å². The van der Waals surface area contributed by atoms with Crippen molar-refractivity contribution in [3.63, 3.8) is 0 Å². The Balaban J connectivity index is 0.000000407. The van der Waals surface area contributed by atoms with Crippen molar-refractivity contribution < 1.29 is 4.74 Å². The Morgan fingerprint density at radius 1 is 0.710 bits per heavy atom. The van der Waals surface area contributed by atoms with E-state index in [0.717, 1.165) is 41.1 Å². The number of ether oxygens (including phenoxy) is 1. The van der Waals surface area contributed by atoms with E-state index in [-0.39, 0.29) is 0 Å². The number of nitrogens with one attached hydrogen (secondary N) is 1. The molecule has 1 aliphatic carbocycles. The van der Waals surface area contributed by atoms with Gasteiger partial charge in [-0.05, 0) is 74.9 Å². The molecule has 0 bridgehead atoms. The highest BCUT2D eigenvalue weighted by atomic mass is 16.5. The summed E-state index contributed by atoms with van der Waals surface area (Å²) in [5.74, 6) is 1.000. The van der Waals surface area contributed by atoms with Crippen LogP contribution in [-0.2, 0) is 12.8 Å². The molecule has 3 aromatic rings. The first-order valence-electron chi connectivity index (χ1n) is 11.5. The summed E-state index contributed by atoms with van der Waals surface area (Å²) in [6.07, 6.45) is 7.37. The minimum Gasteiger partial charge on any atom is -0.496 e. The molecule has 0 atom stereocenters. The number of aliphatic imine (C=N–C) groups is 1. The standard InChI is InChI=1S/C24H23NO.C4H9N/c1-26-23-17-16-22(20-14-8-9-15-21(20)23)25-24(18-10-4-2-5-11-18)19-12-6-3-7-13-19;1-2-4-5-3-1/h2-7,10-13,16-17H,8-9,14-15H2,1H3;5H,1-4H2. The molecule has 1 heterocycles. The monoisotopic (exact) mass is 412 g/mol. The second-order valence-corrected chi connectivity index (χ2v) is 8.10. The zero-order valence-electron chi connectivity index (χ0n) is 18.4. The van der Waals surface area contributed by atoms with Gasteiger partial charge in [0.15, 0.2) is 0 Å². The Kier molecular flexibility index (Phi) is 7.51. The van der Waals surface area contributed by atoms with Crippen LogP contribution in [0, 0.1) is 0 Å². The maximum atomic E-state index is 5.59. The number of nitrogens with zero attached hydrogens (tertiary/aromatic N) is 1. The molecular weight excluding hydrogens is 380 g/mol. The quantitative estimate of drug-likeness (QED) is 0.524. The SMILES string of the molecule is C1CCNC1.COc1ccc(N=C(c2ccccc2)c2ccccc2)c2c1CCCC2. The van der Waals surface area contributed by atoms with Crippen molar-refractivity contribution in [2.24, 2.45) is 4.99 Å². The van der Waals surface area contributed by atoms with Gasteiger partial charge in [-0.3, -0.25) is 0 Å². The third-order valence-corrected chi connectivity index (χ3v) is 5.97. The van der Waals surface area contributed by atoms with Gasteiger partial charge in [-0.25, -0.2) is 4.99 Å². The number of benzene rings is 3. The Labute approximate surface area is 186 Å². The van der Waals surface area contributed by atoms with Crippen LogP contribution in [0.25, 0.3) is 0 Å². The summed E-state index contributed by atoms with van der Waals surface area (Å²) in [6.45, 7) is 2.50. The van der Waals surface area contributed by atoms with Gasteiger partial charge < -0.3 is 10.1 Å². The summed E-state index contributed by atoms with van der Waals surface area (Å²) in [5.41, 5.74) is 7.05. The van der Waals surface area contributed by atoms with Crippen LogP contribution in [0.4, 0.5) is 5.69 Å². The Bertz CT molecular complexity index is 943. The third kappa shape index (κ3) is 5.42. The van der Waals surface area contributed by atoms with E-state index in [2.05, 4.69) is 66.0 Å². The average molecular weight is 413 g/mol. The topological polar surface area (TPSA) is 33.6 Å². The van der Waals surface area contributed by atoms with Crippen molar-refractivity contribution in [1.29, 1.82) is 0 Å². The molecule has 2 aliphatic rings. The van der Waals surface area contributed by atoms with E-state index < -0.39 is 0 Å². The molecule has 0 unspecified atom stereocenters. The fourth-order valence-electron chi connectivity index (χ4n) is 4.34. The molecule has 3 aromatic carbocycles. The normalized spacial score (nSPS) is 14.7. The second kappa shape index (κ2) is 10.9. The molecule has 1 N–H and O–H groups in total. The zero-order chi connectivity index (χ0) is 21.3. The molecular formula is C28H32N2O. The predicted octanol–water partition coefficient (Wildman–Crippen LogP) is 6.11. The number of hydrogen-bond donors (Lipinski definition) is 1. The van der Waals surface area contributed by atoms with Crippen LogP contribution < -0.4 is 10.1 Å². The fourth-order valence-corrected chi connectivity index (χ4v) is 4.34. The first-order chi connectivity index (χ1) is 15.4. The van der Waals surface area contributed by atoms with E-state index in [1.54, 1.807) is 7.11 Å². The maximum Gasteiger partial charge on any atom is 0.122 e. The molecule has 0 amide bonds. The summed E-state index contributed by atoms with van der Waals surface area (Å²) in [5, 5.41) is 3.22. The zero-order valence-corrected chi connectivity index (χ0v) is 18.4. The second-order valence-electron chi connectivity index (χ2n) is 8.10. The molecule has 1 aliphatic heterocycles. The van der Waals surface area contributed by atoms with Crippen LogP contribution in [0.5, 0.6) is 5.75 Å². The molecule has 3 nitrogen and oxygen atoms in total. The Morgan fingerprint density at radius 2 is 1.29 bits per heavy atom. The first kappa shape index (κ1) is 21.3. The molecule has 3 heteroatoms. The summed E-state index contributed by atoms with van der Waals surface area (Å²) in [7, 11) is 1.76. The number of rotatable bonds is 4. The van der Waals surface area contributed by atoms with Crippen LogP contribution in [0.1, 0.15) is 47.9 Å². The van der Waals surface area contributed by atoms with E-state index in [0.29, 0.717) is 0 Å². The van der Waals surface area contributed by atoms with Crippen LogP contribution >= 0.6 is 0 Å². The van der Waals surface area contributed by atoms with Gasteiger partial charge in [-0.2, -0.15) is 0 Å². The van der Waals surface area contributed by atoms with Gasteiger partial charge in [0.2, 0.25) is 0 Å². The van der Waals surface area contributed by atoms with Crippen molar-refractivity contribution in [1.82, 2.24) is 5.32 Å². The highest BCUT2D eigenvalue weighted by Crippen LogP contribution is 2.36. The number of fused-ring (bicyclic) bond motifs is 1. The van der Waals surface area contributed by atoms with Crippen LogP contribution in [0.3, 0.4) is 0 Å². The smallest absolute Gasteiger partial charge is 0.122 e. The number of hydrogen-bond acceptors (Lipinski definition) is 3. The largest absolute Gasteiger partial charge is 0.496 e. The predicted molar refractivity (Wildman–Crippen MR) is 130 cm³/mol. The highest BCUT2D eigenvalue weighted by Gasteiger charge is 2.18. The van der Waals surface area contributed by atoms with Gasteiger partial charge in [-0.15, -0.1) is 0 Å². The number of methoxy groups -OCH3 is 1. The summed E-state index contributed by atoms with van der Waals surface area (Å²) in [4.78, 5) is 5.15. The third-order valence-electron chi connectivity index (χ3n) is 5.97. The minimum absolute atomic E-state index is 1.000. The van der Waals surface area contributed by atoms with Crippen molar-refractivity contribution in [2.75, 3.05) is 20.2 Å². The van der Waals surface area contributed by atoms with Crippen LogP contribution in [0.15, 0.2) is 77.8 Å². The lowest BCUT2D eigenvalue weighted by Gasteiger charge is -2.21. The van der Waals surface area contributed by atoms with E-state index in [1.807, 2.05) is 12.1 Å². The Morgan fingerprint density at radius 3 is 1.81 bits per heavy atom. The highest BCUT2D eigenvalue weighted by molar-refractivity contribution is 6.14. The van der Waals surface area contributed by atoms with Crippen LogP contribution in [0.2, 0.25) is 0 Å². The lowest BCUT2D eigenvalue weighted by molar-refractivity contribution is 0.406. The summed E-state index contributed by atoms with van der Waals surface area (Å²) < 4.78 is 5.59. The molecule has 31 heavy (non-hydrogen) atoms. The van der Waals surface area contributed by atoms with Gasteiger partial charge >= 0.3 is 0 Å². The van der Waals surface area contributed by atoms with E-state index in [9.17, 15) is 0 Å². The van der Waals surface area contributed by atoms with Gasteiger partial charge in [-0.1, -0.05) is 60.7 Å². The molecule has 1 saturated heterocycles. The van der Waals surface area contributed by atoms with Crippen molar-refractivity contribution >= 4 is 11.4 Å². The van der Waals surface area contributed by atoms with Crippen LogP contribution in [-0.4, -0.2) is 25.9 Å². The minimum atomic E-state index is 1.000. The molecule has 0 spiro atoms. The molecule has 0 aromatic heterocycles. The van der Waals surface area contributed by atoms with Gasteiger partial charge in [0.05, 0.1) is 18.5 Å². The van der Waals surface area contributed by atoms with Crippen molar-refractivity contribution in [3.05, 3.63) is 95.1 Å². The van der Waals surface area contributed by atoms with Gasteiger partial charge in [0.1, 0.15) is 5.75 Å². The molecule has 160 valence electrons. The van der Waals surface area contributed by atoms with Gasteiger partial charge in [0.25, 0.3) is 0 Å². The molecule has 0 saturated carbocycles. The van der Waals surface area contributed by atoms with Crippen molar-refractivity contribution in [3.8, 4) is 5.75 Å². The lowest BCUT2D eigenvalue weighted by Crippen LogP contribution is -2.07.